The van der Waals surface area contributed by atoms with Crippen LogP contribution in [-0.2, 0) is 9.53 Å². The van der Waals surface area contributed by atoms with E-state index in [0.717, 1.165) is 45.3 Å². The normalized spacial score (nSPS) is 23.3. The summed E-state index contributed by atoms with van der Waals surface area (Å²) in [5, 5.41) is 0. The highest BCUT2D eigenvalue weighted by atomic mass is 16.5. The molecule has 0 bridgehead atoms. The van der Waals surface area contributed by atoms with Crippen molar-refractivity contribution >= 4 is 5.91 Å². The molecule has 0 aromatic carbocycles. The number of hydrogen-bond donors (Lipinski definition) is 1. The predicted octanol–water partition coefficient (Wildman–Crippen LogP) is -0.0940. The molecule has 0 aromatic rings. The van der Waals surface area contributed by atoms with Crippen molar-refractivity contribution in [1.29, 1.82) is 0 Å². The van der Waals surface area contributed by atoms with Gasteiger partial charge in [0.1, 0.15) is 0 Å². The summed E-state index contributed by atoms with van der Waals surface area (Å²) in [6.45, 7) is 7.20. The van der Waals surface area contributed by atoms with Gasteiger partial charge >= 0.3 is 0 Å². The summed E-state index contributed by atoms with van der Waals surface area (Å²) in [6.07, 6.45) is 2.86. The van der Waals surface area contributed by atoms with E-state index in [9.17, 15) is 4.79 Å². The van der Waals surface area contributed by atoms with Crippen LogP contribution in [-0.4, -0.2) is 68.2 Å². The van der Waals surface area contributed by atoms with Crippen molar-refractivity contribution in [3.63, 3.8) is 0 Å². The van der Waals surface area contributed by atoms with Crippen molar-refractivity contribution in [1.82, 2.24) is 9.80 Å². The number of rotatable bonds is 4. The monoisotopic (exact) mass is 255 g/mol. The Bertz CT molecular complexity index is 259. The standard InChI is InChI=1S/C13H25N3O2/c14-4-1-13(17)16-7-5-15(6-8-16)11-12-2-9-18-10-3-12/h12H,1-11,14H2. The molecule has 5 heteroatoms. The van der Waals surface area contributed by atoms with Crippen molar-refractivity contribution < 1.29 is 9.53 Å². The molecular formula is C13H25N3O2. The molecule has 2 aliphatic rings. The summed E-state index contributed by atoms with van der Waals surface area (Å²) in [6, 6.07) is 0. The minimum atomic E-state index is 0.211. The largest absolute Gasteiger partial charge is 0.381 e. The molecule has 2 heterocycles. The summed E-state index contributed by atoms with van der Waals surface area (Å²) in [5.41, 5.74) is 5.42. The van der Waals surface area contributed by atoms with Gasteiger partial charge in [-0.2, -0.15) is 0 Å². The molecule has 1 amide bonds. The van der Waals surface area contributed by atoms with E-state index in [4.69, 9.17) is 10.5 Å². The van der Waals surface area contributed by atoms with Crippen molar-refractivity contribution in [3.8, 4) is 0 Å². The fraction of sp³-hybridized carbons (Fsp3) is 0.923. The Kier molecular flexibility index (Phi) is 5.41. The Hall–Kier alpha value is -0.650. The molecule has 2 fully saturated rings. The van der Waals surface area contributed by atoms with Gasteiger partial charge in [0, 0.05) is 58.9 Å². The van der Waals surface area contributed by atoms with Crippen LogP contribution in [0, 0.1) is 5.92 Å². The van der Waals surface area contributed by atoms with Gasteiger partial charge in [-0.3, -0.25) is 9.69 Å². The molecule has 2 N–H and O–H groups in total. The Morgan fingerprint density at radius 2 is 1.83 bits per heavy atom. The number of carbonyl (C=O) groups excluding carboxylic acids is 1. The maximum absolute atomic E-state index is 11.7. The highest BCUT2D eigenvalue weighted by molar-refractivity contribution is 5.76. The quantitative estimate of drug-likeness (QED) is 0.762. The van der Waals surface area contributed by atoms with E-state index in [1.807, 2.05) is 4.90 Å². The van der Waals surface area contributed by atoms with Gasteiger partial charge < -0.3 is 15.4 Å². The summed E-state index contributed by atoms with van der Waals surface area (Å²) in [4.78, 5) is 16.1. The van der Waals surface area contributed by atoms with Crippen LogP contribution in [0.15, 0.2) is 0 Å². The van der Waals surface area contributed by atoms with E-state index in [1.165, 1.54) is 19.4 Å². The maximum Gasteiger partial charge on any atom is 0.223 e. The number of nitrogens with two attached hydrogens (primary N) is 1. The molecule has 0 radical (unpaired) electrons. The second-order valence-electron chi connectivity index (χ2n) is 5.28. The number of amides is 1. The Morgan fingerprint density at radius 1 is 1.17 bits per heavy atom. The lowest BCUT2D eigenvalue weighted by molar-refractivity contribution is -0.132. The van der Waals surface area contributed by atoms with E-state index in [2.05, 4.69) is 4.90 Å². The van der Waals surface area contributed by atoms with Crippen LogP contribution in [0.3, 0.4) is 0 Å². The van der Waals surface area contributed by atoms with Gasteiger partial charge in [-0.15, -0.1) is 0 Å². The van der Waals surface area contributed by atoms with Gasteiger partial charge in [0.25, 0.3) is 0 Å². The Morgan fingerprint density at radius 3 is 2.44 bits per heavy atom. The third kappa shape index (κ3) is 3.93. The predicted molar refractivity (Wildman–Crippen MR) is 70.2 cm³/mol. The van der Waals surface area contributed by atoms with Crippen LogP contribution in [0.2, 0.25) is 0 Å². The van der Waals surface area contributed by atoms with Gasteiger partial charge in [0.15, 0.2) is 0 Å². The second kappa shape index (κ2) is 7.07. The van der Waals surface area contributed by atoms with E-state index < -0.39 is 0 Å². The van der Waals surface area contributed by atoms with Gasteiger partial charge in [-0.1, -0.05) is 0 Å². The molecular weight excluding hydrogens is 230 g/mol. The molecule has 2 rings (SSSR count). The van der Waals surface area contributed by atoms with Crippen molar-refractivity contribution in [3.05, 3.63) is 0 Å². The van der Waals surface area contributed by atoms with Crippen LogP contribution in [0.4, 0.5) is 0 Å². The van der Waals surface area contributed by atoms with Crippen LogP contribution >= 0.6 is 0 Å². The lowest BCUT2D eigenvalue weighted by Gasteiger charge is -2.37. The van der Waals surface area contributed by atoms with E-state index in [1.54, 1.807) is 0 Å². The number of piperazine rings is 1. The van der Waals surface area contributed by atoms with Gasteiger partial charge in [-0.05, 0) is 18.8 Å². The molecule has 0 aromatic heterocycles. The molecule has 104 valence electrons. The second-order valence-corrected chi connectivity index (χ2v) is 5.28. The highest BCUT2D eigenvalue weighted by Crippen LogP contribution is 2.17. The first-order chi connectivity index (χ1) is 8.79. The average molecular weight is 255 g/mol. The summed E-state index contributed by atoms with van der Waals surface area (Å²) >= 11 is 0. The van der Waals surface area contributed by atoms with Crippen molar-refractivity contribution in [2.75, 3.05) is 52.5 Å². The van der Waals surface area contributed by atoms with Crippen molar-refractivity contribution in [2.45, 2.75) is 19.3 Å². The first-order valence-corrected chi connectivity index (χ1v) is 7.07. The smallest absolute Gasteiger partial charge is 0.223 e. The van der Waals surface area contributed by atoms with Crippen LogP contribution in [0.25, 0.3) is 0 Å². The van der Waals surface area contributed by atoms with Crippen molar-refractivity contribution in [2.24, 2.45) is 11.7 Å². The summed E-state index contributed by atoms with van der Waals surface area (Å²) in [7, 11) is 0. The highest BCUT2D eigenvalue weighted by Gasteiger charge is 2.23. The van der Waals surface area contributed by atoms with Gasteiger partial charge in [-0.25, -0.2) is 0 Å². The molecule has 2 saturated heterocycles. The molecule has 0 saturated carbocycles. The average Bonchev–Trinajstić information content (AvgIpc) is 2.41. The van der Waals surface area contributed by atoms with Crippen LogP contribution in [0.5, 0.6) is 0 Å². The maximum atomic E-state index is 11.7. The number of nitrogens with zero attached hydrogens (tertiary/aromatic N) is 2. The van der Waals surface area contributed by atoms with E-state index >= 15 is 0 Å². The molecule has 2 aliphatic heterocycles. The summed E-state index contributed by atoms with van der Waals surface area (Å²) in [5.74, 6) is 0.994. The zero-order valence-electron chi connectivity index (χ0n) is 11.1. The van der Waals surface area contributed by atoms with E-state index in [-0.39, 0.29) is 5.91 Å². The number of hydrogen-bond acceptors (Lipinski definition) is 4. The van der Waals surface area contributed by atoms with Crippen LogP contribution < -0.4 is 5.73 Å². The minimum Gasteiger partial charge on any atom is -0.381 e. The number of carbonyl (C=O) groups is 1. The number of ether oxygens (including phenoxy) is 1. The lowest BCUT2D eigenvalue weighted by Crippen LogP contribution is -2.50. The topological polar surface area (TPSA) is 58.8 Å². The minimum absolute atomic E-state index is 0.211. The first-order valence-electron chi connectivity index (χ1n) is 7.07. The third-order valence-corrected chi connectivity index (χ3v) is 3.94. The third-order valence-electron chi connectivity index (χ3n) is 3.94. The van der Waals surface area contributed by atoms with Gasteiger partial charge in [0.2, 0.25) is 5.91 Å². The lowest BCUT2D eigenvalue weighted by atomic mass is 9.99. The molecule has 18 heavy (non-hydrogen) atoms. The molecule has 0 unspecified atom stereocenters. The van der Waals surface area contributed by atoms with Gasteiger partial charge in [0.05, 0.1) is 0 Å². The summed E-state index contributed by atoms with van der Waals surface area (Å²) < 4.78 is 5.38. The molecule has 0 atom stereocenters. The SMILES string of the molecule is NCCC(=O)N1CCN(CC2CCOCC2)CC1. The fourth-order valence-corrected chi connectivity index (χ4v) is 2.76. The first kappa shape index (κ1) is 13.8. The Labute approximate surface area is 109 Å². The van der Waals surface area contributed by atoms with Crippen LogP contribution in [0.1, 0.15) is 19.3 Å². The zero-order valence-corrected chi connectivity index (χ0v) is 11.1. The zero-order chi connectivity index (χ0) is 12.8. The van der Waals surface area contributed by atoms with E-state index in [0.29, 0.717) is 13.0 Å². The molecule has 0 aliphatic carbocycles. The Balaban J connectivity index is 1.68. The molecule has 5 nitrogen and oxygen atoms in total. The molecule has 0 spiro atoms. The fourth-order valence-electron chi connectivity index (χ4n) is 2.76.